The van der Waals surface area contributed by atoms with Crippen LogP contribution in [-0.2, 0) is 32.0 Å². The largest absolute Gasteiger partial charge is 0.456 e. The summed E-state index contributed by atoms with van der Waals surface area (Å²) in [7, 11) is 0. The molecule has 1 saturated heterocycles. The lowest BCUT2D eigenvalue weighted by molar-refractivity contribution is -0.150. The third kappa shape index (κ3) is 3.63. The van der Waals surface area contributed by atoms with Gasteiger partial charge in [0.25, 0.3) is 5.91 Å². The Morgan fingerprint density at radius 2 is 1.92 bits per heavy atom. The van der Waals surface area contributed by atoms with Crippen molar-refractivity contribution in [3.05, 3.63) is 47.2 Å². The second kappa shape index (κ2) is 7.47. The van der Waals surface area contributed by atoms with Gasteiger partial charge >= 0.3 is 5.97 Å². The summed E-state index contributed by atoms with van der Waals surface area (Å²) in [6, 6.07) is 9.09. The van der Waals surface area contributed by atoms with E-state index in [1.165, 1.54) is 0 Å². The fraction of sp³-hybridized carbons (Fsp3) is 0.333. The maximum Gasteiger partial charge on any atom is 0.355 e. The van der Waals surface area contributed by atoms with Crippen LogP contribution in [0.1, 0.15) is 19.4 Å². The number of carbonyl (C=O) groups excluding carboxylic acids is 2. The van der Waals surface area contributed by atoms with Gasteiger partial charge in [0.1, 0.15) is 12.3 Å². The highest BCUT2D eigenvalue weighted by Gasteiger charge is 2.63. The molecule has 0 saturated carbocycles. The Morgan fingerprint density at radius 1 is 1.33 bits per heavy atom. The zero-order chi connectivity index (χ0) is 18.1. The van der Waals surface area contributed by atoms with Gasteiger partial charge in [-0.3, -0.25) is 9.69 Å². The average molecular weight is 481 g/mol. The summed E-state index contributed by atoms with van der Waals surface area (Å²) < 4.78 is 24.9. The van der Waals surface area contributed by atoms with Gasteiger partial charge in [0.15, 0.2) is 19.7 Å². The molecule has 0 spiro atoms. The summed E-state index contributed by atoms with van der Waals surface area (Å²) >= 11 is 3.79. The number of hydrogen-bond donors (Lipinski definition) is 1. The molecule has 1 unspecified atom stereocenters. The van der Waals surface area contributed by atoms with Crippen LogP contribution in [0.4, 0.5) is 0 Å². The summed E-state index contributed by atoms with van der Waals surface area (Å²) in [4.78, 5) is 25.7. The van der Waals surface area contributed by atoms with Gasteiger partial charge in [0.05, 0.1) is 0 Å². The van der Waals surface area contributed by atoms with Gasteiger partial charge in [-0.05, 0) is 25.0 Å². The lowest BCUT2D eigenvalue weighted by Gasteiger charge is -2.47. The van der Waals surface area contributed by atoms with E-state index in [9.17, 15) is 18.4 Å². The monoisotopic (exact) mass is 479 g/mol. The van der Waals surface area contributed by atoms with Crippen LogP contribution in [0.2, 0.25) is 0 Å². The quantitative estimate of drug-likeness (QED) is 0.230. The molecule has 2 rings (SSSR count). The molecule has 1 N–H and O–H groups in total. The first-order chi connectivity index (χ1) is 11.2. The van der Waals surface area contributed by atoms with E-state index in [4.69, 9.17) is 4.74 Å². The summed E-state index contributed by atoms with van der Waals surface area (Å²) in [5, 5.41) is -1.14. The van der Waals surface area contributed by atoms with E-state index in [1.807, 2.05) is 18.2 Å². The van der Waals surface area contributed by atoms with Crippen LogP contribution in [-0.4, -0.2) is 34.1 Å². The van der Waals surface area contributed by atoms with Crippen molar-refractivity contribution < 1.29 is 23.1 Å². The van der Waals surface area contributed by atoms with E-state index in [0.717, 1.165) is 10.5 Å². The Labute approximate surface area is 158 Å². The molecule has 1 aromatic carbocycles. The molecule has 1 heterocycles. The van der Waals surface area contributed by atoms with Crippen LogP contribution in [0.15, 0.2) is 41.6 Å². The Balaban J connectivity index is 2.21. The number of amides is 1. The molecule has 1 aromatic rings. The van der Waals surface area contributed by atoms with E-state index >= 15 is 0 Å². The first kappa shape index (κ1) is 19.3. The van der Waals surface area contributed by atoms with E-state index < -0.39 is 31.6 Å². The van der Waals surface area contributed by atoms with Crippen molar-refractivity contribution in [1.29, 1.82) is 0 Å². The molecule has 1 amide bonds. The van der Waals surface area contributed by atoms with Gasteiger partial charge in [-0.15, -0.1) is 0 Å². The fourth-order valence-corrected chi connectivity index (χ4v) is 4.73. The minimum Gasteiger partial charge on any atom is -0.456 e. The van der Waals surface area contributed by atoms with Crippen LogP contribution >= 0.6 is 31.9 Å². The third-order valence-corrected chi connectivity index (χ3v) is 6.46. The Hall–Kier alpha value is -1.03. The molecule has 0 aliphatic carbocycles. The Kier molecular flexibility index (Phi) is 6.00. The first-order valence-corrected chi connectivity index (χ1v) is 9.63. The molecule has 0 radical (unpaired) electrons. The SMILES string of the molecule is CC(C)=C(C(=O)OCc1ccccc1)N1C(=O)C(Br)(Br)[C@H]1S(=O)O. The van der Waals surface area contributed by atoms with Gasteiger partial charge in [0, 0.05) is 0 Å². The number of ether oxygens (including phenoxy) is 1. The smallest absolute Gasteiger partial charge is 0.355 e. The molecule has 130 valence electrons. The number of alkyl halides is 2. The standard InChI is InChI=1S/C15H15Br2NO5S/c1-9(2)11(12(19)23-8-10-6-4-3-5-7-10)18-13(20)15(16,17)14(18)24(21)22/h3-7,14H,8H2,1-2H3,(H,21,22)/t14-/m1/s1. The highest BCUT2D eigenvalue weighted by atomic mass is 79.9. The van der Waals surface area contributed by atoms with Gasteiger partial charge < -0.3 is 9.29 Å². The number of allylic oxidation sites excluding steroid dienone is 1. The van der Waals surface area contributed by atoms with E-state index in [-0.39, 0.29) is 12.3 Å². The number of likely N-dealkylation sites (tertiary alicyclic amines) is 1. The second-order valence-electron chi connectivity index (χ2n) is 5.34. The number of hydrogen-bond acceptors (Lipinski definition) is 4. The van der Waals surface area contributed by atoms with Crippen molar-refractivity contribution in [3.63, 3.8) is 0 Å². The third-order valence-electron chi connectivity index (χ3n) is 3.36. The maximum atomic E-state index is 12.4. The highest BCUT2D eigenvalue weighted by molar-refractivity contribution is 9.26. The zero-order valence-corrected chi connectivity index (χ0v) is 16.9. The molecule has 1 fully saturated rings. The molecule has 2 atom stereocenters. The number of β-lactam (4-membered cyclic amide) rings is 1. The fourth-order valence-electron chi connectivity index (χ4n) is 2.24. The van der Waals surface area contributed by atoms with Crippen LogP contribution in [0.5, 0.6) is 0 Å². The van der Waals surface area contributed by atoms with Crippen molar-refractivity contribution in [2.24, 2.45) is 0 Å². The number of carbonyl (C=O) groups is 2. The molecule has 24 heavy (non-hydrogen) atoms. The van der Waals surface area contributed by atoms with Crippen molar-refractivity contribution in [2.45, 2.75) is 29.1 Å². The van der Waals surface area contributed by atoms with Crippen molar-refractivity contribution >= 4 is 54.8 Å². The predicted molar refractivity (Wildman–Crippen MR) is 96.6 cm³/mol. The van der Waals surface area contributed by atoms with E-state index in [0.29, 0.717) is 5.57 Å². The number of rotatable bonds is 5. The summed E-state index contributed by atoms with van der Waals surface area (Å²) in [5.74, 6) is -1.26. The maximum absolute atomic E-state index is 12.4. The van der Waals surface area contributed by atoms with Crippen molar-refractivity contribution in [1.82, 2.24) is 4.90 Å². The summed E-state index contributed by atoms with van der Waals surface area (Å²) in [6.07, 6.45) is 0. The van der Waals surface area contributed by atoms with E-state index in [1.54, 1.807) is 26.0 Å². The van der Waals surface area contributed by atoms with Crippen molar-refractivity contribution in [2.75, 3.05) is 0 Å². The zero-order valence-electron chi connectivity index (χ0n) is 12.9. The van der Waals surface area contributed by atoms with Gasteiger partial charge in [0.2, 0.25) is 0 Å². The molecule has 0 aromatic heterocycles. The molecular formula is C15H15Br2NO5S. The van der Waals surface area contributed by atoms with Crippen LogP contribution in [0.25, 0.3) is 0 Å². The normalized spacial score (nSPS) is 20.1. The Morgan fingerprint density at radius 3 is 2.42 bits per heavy atom. The minimum atomic E-state index is -2.37. The molecular weight excluding hydrogens is 466 g/mol. The van der Waals surface area contributed by atoms with Crippen LogP contribution in [0, 0.1) is 0 Å². The van der Waals surface area contributed by atoms with Gasteiger partial charge in [-0.25, -0.2) is 9.00 Å². The average Bonchev–Trinajstić information content (AvgIpc) is 2.52. The number of benzene rings is 1. The molecule has 0 bridgehead atoms. The number of esters is 1. The lowest BCUT2D eigenvalue weighted by Crippen LogP contribution is -2.69. The molecule has 6 nitrogen and oxygen atoms in total. The first-order valence-electron chi connectivity index (χ1n) is 6.87. The predicted octanol–water partition coefficient (Wildman–Crippen LogP) is 2.90. The minimum absolute atomic E-state index is 0.0298. The van der Waals surface area contributed by atoms with Crippen LogP contribution < -0.4 is 0 Å². The van der Waals surface area contributed by atoms with Crippen molar-refractivity contribution in [3.8, 4) is 0 Å². The molecule has 9 heteroatoms. The van der Waals surface area contributed by atoms with E-state index in [2.05, 4.69) is 31.9 Å². The number of halogens is 2. The molecule has 1 aliphatic rings. The lowest BCUT2D eigenvalue weighted by atomic mass is 10.1. The Bertz CT molecular complexity index is 716. The summed E-state index contributed by atoms with van der Waals surface area (Å²) in [5.41, 5.74) is 1.27. The van der Waals surface area contributed by atoms with Gasteiger partial charge in [-0.2, -0.15) is 0 Å². The van der Waals surface area contributed by atoms with Crippen LogP contribution in [0.3, 0.4) is 0 Å². The number of nitrogens with zero attached hydrogens (tertiary/aromatic N) is 1. The second-order valence-corrected chi connectivity index (χ2v) is 9.90. The van der Waals surface area contributed by atoms with Gasteiger partial charge in [-0.1, -0.05) is 62.2 Å². The summed E-state index contributed by atoms with van der Waals surface area (Å²) in [6.45, 7) is 3.30. The topological polar surface area (TPSA) is 83.9 Å². The molecule has 1 aliphatic heterocycles. The highest BCUT2D eigenvalue weighted by Crippen LogP contribution is 2.48.